The van der Waals surface area contributed by atoms with E-state index in [1.807, 2.05) is 6.92 Å². The van der Waals surface area contributed by atoms with Crippen LogP contribution in [0, 0.1) is 29.1 Å². The maximum Gasteiger partial charge on any atom is 0.333 e. The molecule has 0 aromatic rings. The molecule has 3 rings (SSSR count). The number of ketones is 1. The Bertz CT molecular complexity index is 707. The van der Waals surface area contributed by atoms with E-state index in [0.717, 1.165) is 0 Å². The Morgan fingerprint density at radius 2 is 2.00 bits per heavy atom. The molecular formula is C20H26O6. The zero-order valence-corrected chi connectivity index (χ0v) is 15.8. The highest BCUT2D eigenvalue weighted by molar-refractivity contribution is 5.99. The molecule has 3 aliphatic rings. The SMILES string of the molecule is C/C=C(\C)C(=O)O[C@H]1[C@@H]2[C@H](OC(=O)[C@H]2C)[C@H](O)[C@@H](C)[C@@H]2C=CC(=O)[C@@]21C. The fourth-order valence-electron chi connectivity index (χ4n) is 4.72. The van der Waals surface area contributed by atoms with Gasteiger partial charge in [-0.1, -0.05) is 26.0 Å². The molecule has 0 aromatic heterocycles. The van der Waals surface area contributed by atoms with Crippen molar-refractivity contribution in [3.05, 3.63) is 23.8 Å². The van der Waals surface area contributed by atoms with Crippen molar-refractivity contribution in [1.82, 2.24) is 0 Å². The largest absolute Gasteiger partial charge is 0.459 e. The molecular weight excluding hydrogens is 336 g/mol. The summed E-state index contributed by atoms with van der Waals surface area (Å²) in [6.07, 6.45) is 2.35. The van der Waals surface area contributed by atoms with Gasteiger partial charge in [-0.2, -0.15) is 0 Å². The molecule has 8 atom stereocenters. The summed E-state index contributed by atoms with van der Waals surface area (Å²) in [6.45, 7) is 8.68. The zero-order valence-electron chi connectivity index (χ0n) is 15.8. The third kappa shape index (κ3) is 2.46. The Hall–Kier alpha value is -1.95. The van der Waals surface area contributed by atoms with E-state index in [0.29, 0.717) is 5.57 Å². The molecule has 142 valence electrons. The van der Waals surface area contributed by atoms with Crippen LogP contribution in [0.4, 0.5) is 0 Å². The number of carbonyl (C=O) groups is 3. The smallest absolute Gasteiger partial charge is 0.333 e. The number of carbonyl (C=O) groups excluding carboxylic acids is 3. The summed E-state index contributed by atoms with van der Waals surface area (Å²) >= 11 is 0. The summed E-state index contributed by atoms with van der Waals surface area (Å²) in [4.78, 5) is 37.6. The fraction of sp³-hybridized carbons (Fsp3) is 0.650. The number of hydrogen-bond acceptors (Lipinski definition) is 6. The highest BCUT2D eigenvalue weighted by Crippen LogP contribution is 2.54. The maximum absolute atomic E-state index is 12.8. The summed E-state index contributed by atoms with van der Waals surface area (Å²) in [5, 5.41) is 10.8. The minimum Gasteiger partial charge on any atom is -0.459 e. The van der Waals surface area contributed by atoms with Gasteiger partial charge in [-0.25, -0.2) is 4.79 Å². The van der Waals surface area contributed by atoms with Gasteiger partial charge >= 0.3 is 11.9 Å². The summed E-state index contributed by atoms with van der Waals surface area (Å²) in [7, 11) is 0. The van der Waals surface area contributed by atoms with Crippen LogP contribution in [0.1, 0.15) is 34.6 Å². The molecule has 1 heterocycles. The van der Waals surface area contributed by atoms with Crippen molar-refractivity contribution in [3.8, 4) is 0 Å². The van der Waals surface area contributed by atoms with Gasteiger partial charge in [0.15, 0.2) is 5.78 Å². The molecule has 0 unspecified atom stereocenters. The van der Waals surface area contributed by atoms with Gasteiger partial charge in [-0.15, -0.1) is 0 Å². The molecule has 0 aromatic carbocycles. The van der Waals surface area contributed by atoms with Crippen LogP contribution in [0.2, 0.25) is 0 Å². The van der Waals surface area contributed by atoms with Crippen molar-refractivity contribution in [2.45, 2.75) is 52.9 Å². The lowest BCUT2D eigenvalue weighted by Crippen LogP contribution is -2.50. The van der Waals surface area contributed by atoms with E-state index in [9.17, 15) is 19.5 Å². The number of hydrogen-bond donors (Lipinski definition) is 1. The van der Waals surface area contributed by atoms with E-state index in [1.165, 1.54) is 6.08 Å². The summed E-state index contributed by atoms with van der Waals surface area (Å²) in [5.41, 5.74) is -0.609. The molecule has 26 heavy (non-hydrogen) atoms. The van der Waals surface area contributed by atoms with E-state index in [4.69, 9.17) is 9.47 Å². The molecule has 0 radical (unpaired) electrons. The number of fused-ring (bicyclic) bond motifs is 2. The Balaban J connectivity index is 2.12. The van der Waals surface area contributed by atoms with Crippen LogP contribution < -0.4 is 0 Å². The number of ether oxygens (including phenoxy) is 2. The van der Waals surface area contributed by atoms with Gasteiger partial charge in [0.25, 0.3) is 0 Å². The molecule has 0 amide bonds. The predicted molar refractivity (Wildman–Crippen MR) is 92.8 cm³/mol. The number of rotatable bonds is 2. The van der Waals surface area contributed by atoms with Crippen molar-refractivity contribution in [2.24, 2.45) is 29.1 Å². The first-order chi connectivity index (χ1) is 12.1. The van der Waals surface area contributed by atoms with Crippen LogP contribution in [-0.2, 0) is 23.9 Å². The topological polar surface area (TPSA) is 89.9 Å². The zero-order chi connectivity index (χ0) is 19.4. The molecule has 6 heteroatoms. The van der Waals surface area contributed by atoms with Crippen molar-refractivity contribution >= 4 is 17.7 Å². The van der Waals surface area contributed by atoms with Crippen LogP contribution in [0.15, 0.2) is 23.8 Å². The molecule has 1 saturated carbocycles. The predicted octanol–water partition coefficient (Wildman–Crippen LogP) is 1.81. The van der Waals surface area contributed by atoms with E-state index in [-0.39, 0.29) is 17.6 Å². The van der Waals surface area contributed by atoms with Gasteiger partial charge in [0, 0.05) is 11.5 Å². The van der Waals surface area contributed by atoms with E-state index < -0.39 is 47.5 Å². The lowest BCUT2D eigenvalue weighted by molar-refractivity contribution is -0.163. The first-order valence-electron chi connectivity index (χ1n) is 9.09. The van der Waals surface area contributed by atoms with E-state index >= 15 is 0 Å². The second kappa shape index (κ2) is 6.34. The fourth-order valence-corrected chi connectivity index (χ4v) is 4.72. The summed E-state index contributed by atoms with van der Waals surface area (Å²) in [5.74, 6) is -2.88. The van der Waals surface area contributed by atoms with Crippen LogP contribution in [-0.4, -0.2) is 41.1 Å². The number of esters is 2. The third-order valence-corrected chi connectivity index (χ3v) is 6.63. The standard InChI is InChI=1S/C20H26O6/c1-6-9(2)18(23)26-17-14-11(4)19(24)25-16(14)15(22)10(3)12-7-8-13(21)20(12,17)5/h6-8,10-12,14-17,22H,1-5H3/b9-6+/t10-,11-,12-,14-,15+,16-,17-,20+/m0/s1. The minimum atomic E-state index is -1.04. The van der Waals surface area contributed by atoms with Gasteiger partial charge in [-0.3, -0.25) is 9.59 Å². The quantitative estimate of drug-likeness (QED) is 0.595. The van der Waals surface area contributed by atoms with Crippen LogP contribution in [0.5, 0.6) is 0 Å². The van der Waals surface area contributed by atoms with E-state index in [2.05, 4.69) is 0 Å². The molecule has 1 N–H and O–H groups in total. The maximum atomic E-state index is 12.8. The normalized spacial score (nSPS) is 45.0. The van der Waals surface area contributed by atoms with Crippen molar-refractivity contribution in [1.29, 1.82) is 0 Å². The van der Waals surface area contributed by atoms with Gasteiger partial charge in [0.05, 0.1) is 17.4 Å². The Morgan fingerprint density at radius 1 is 1.35 bits per heavy atom. The Labute approximate surface area is 153 Å². The number of aliphatic hydroxyl groups excluding tert-OH is 1. The average Bonchev–Trinajstić information content (AvgIpc) is 3.06. The lowest BCUT2D eigenvalue weighted by atomic mass is 9.66. The van der Waals surface area contributed by atoms with E-state index in [1.54, 1.807) is 39.8 Å². The number of allylic oxidation sites excluding steroid dienone is 3. The second-order valence-corrected chi connectivity index (χ2v) is 7.95. The van der Waals surface area contributed by atoms with Gasteiger partial charge in [-0.05, 0) is 38.7 Å². The second-order valence-electron chi connectivity index (χ2n) is 7.95. The average molecular weight is 362 g/mol. The van der Waals surface area contributed by atoms with Crippen molar-refractivity contribution in [3.63, 3.8) is 0 Å². The Kier molecular flexibility index (Phi) is 4.59. The minimum absolute atomic E-state index is 0.148. The first-order valence-corrected chi connectivity index (χ1v) is 9.09. The molecule has 6 nitrogen and oxygen atoms in total. The lowest BCUT2D eigenvalue weighted by Gasteiger charge is -2.40. The first kappa shape index (κ1) is 18.8. The van der Waals surface area contributed by atoms with Crippen LogP contribution >= 0.6 is 0 Å². The molecule has 2 fully saturated rings. The molecule has 1 saturated heterocycles. The summed E-state index contributed by atoms with van der Waals surface area (Å²) in [6, 6.07) is 0. The molecule has 0 bridgehead atoms. The van der Waals surface area contributed by atoms with Crippen molar-refractivity contribution < 1.29 is 29.0 Å². The molecule has 2 aliphatic carbocycles. The molecule has 0 spiro atoms. The van der Waals surface area contributed by atoms with Crippen LogP contribution in [0.3, 0.4) is 0 Å². The molecule has 1 aliphatic heterocycles. The summed E-state index contributed by atoms with van der Waals surface area (Å²) < 4.78 is 11.3. The van der Waals surface area contributed by atoms with Crippen LogP contribution in [0.25, 0.3) is 0 Å². The third-order valence-electron chi connectivity index (χ3n) is 6.63. The van der Waals surface area contributed by atoms with Gasteiger partial charge < -0.3 is 14.6 Å². The number of aliphatic hydroxyl groups is 1. The van der Waals surface area contributed by atoms with Gasteiger partial charge in [0.2, 0.25) is 0 Å². The highest BCUT2D eigenvalue weighted by atomic mass is 16.6. The van der Waals surface area contributed by atoms with Crippen molar-refractivity contribution in [2.75, 3.05) is 0 Å². The highest BCUT2D eigenvalue weighted by Gasteiger charge is 2.65. The monoisotopic (exact) mass is 362 g/mol. The van der Waals surface area contributed by atoms with Gasteiger partial charge in [0.1, 0.15) is 12.2 Å². The Morgan fingerprint density at radius 3 is 2.62 bits per heavy atom.